The molecule has 1 unspecified atom stereocenters. The van der Waals surface area contributed by atoms with E-state index in [-0.39, 0.29) is 30.9 Å². The van der Waals surface area contributed by atoms with E-state index in [0.29, 0.717) is 0 Å². The molecule has 2 amide bonds. The van der Waals surface area contributed by atoms with Crippen LogP contribution in [0.3, 0.4) is 0 Å². The molecule has 0 aromatic carbocycles. The van der Waals surface area contributed by atoms with Crippen molar-refractivity contribution in [2.75, 3.05) is 19.6 Å². The van der Waals surface area contributed by atoms with Gasteiger partial charge in [0.2, 0.25) is 11.8 Å². The van der Waals surface area contributed by atoms with E-state index in [0.717, 1.165) is 19.4 Å². The fraction of sp³-hybridized carbons (Fsp3) is 0.500. The molecule has 98 valence electrons. The molecule has 5 nitrogen and oxygen atoms in total. The van der Waals surface area contributed by atoms with E-state index in [2.05, 4.69) is 16.8 Å². The van der Waals surface area contributed by atoms with Crippen LogP contribution in [0.4, 0.5) is 0 Å². The lowest BCUT2D eigenvalue weighted by Gasteiger charge is -2.24. The van der Waals surface area contributed by atoms with E-state index >= 15 is 0 Å². The first kappa shape index (κ1) is 13.0. The molecule has 1 aromatic rings. The van der Waals surface area contributed by atoms with Gasteiger partial charge in [-0.1, -0.05) is 0 Å². The number of nitrogens with zero attached hydrogens (tertiary/aromatic N) is 1. The van der Waals surface area contributed by atoms with Crippen LogP contribution in [0, 0.1) is 0 Å². The molecule has 0 spiro atoms. The molecule has 1 saturated heterocycles. The number of carbonyl (C=O) groups excluding carboxylic acids is 2. The second-order valence-electron chi connectivity index (χ2n) is 4.28. The smallest absolute Gasteiger partial charge is 0.242 e. The van der Waals surface area contributed by atoms with Gasteiger partial charge in [-0.05, 0) is 35.2 Å². The highest BCUT2D eigenvalue weighted by atomic mass is 32.1. The Morgan fingerprint density at radius 1 is 1.56 bits per heavy atom. The number of carbonyl (C=O) groups is 2. The standard InChI is InChI=1S/C12H17N3O2S/c13-6-11(16)14-7-12(17)15-4-1-2-10(15)9-3-5-18-8-9/h3,5,8,10H,1-2,4,6-7,13H2,(H,14,16). The van der Waals surface area contributed by atoms with Crippen LogP contribution in [0.2, 0.25) is 0 Å². The van der Waals surface area contributed by atoms with Crippen molar-refractivity contribution in [2.45, 2.75) is 18.9 Å². The van der Waals surface area contributed by atoms with Crippen molar-refractivity contribution < 1.29 is 9.59 Å². The Kier molecular flexibility index (Phi) is 4.33. The normalized spacial score (nSPS) is 18.9. The molecule has 6 heteroatoms. The maximum absolute atomic E-state index is 12.0. The second kappa shape index (κ2) is 5.97. The summed E-state index contributed by atoms with van der Waals surface area (Å²) in [6.45, 7) is 0.718. The number of rotatable bonds is 4. The minimum Gasteiger partial charge on any atom is -0.346 e. The molecule has 1 aromatic heterocycles. The monoisotopic (exact) mass is 267 g/mol. The average Bonchev–Trinajstić information content (AvgIpc) is 3.04. The predicted octanol–water partition coefficient (Wildman–Crippen LogP) is 0.486. The number of hydrogen-bond acceptors (Lipinski definition) is 4. The molecule has 18 heavy (non-hydrogen) atoms. The molecule has 2 rings (SSSR count). The van der Waals surface area contributed by atoms with Gasteiger partial charge in [0.1, 0.15) is 0 Å². The maximum Gasteiger partial charge on any atom is 0.242 e. The van der Waals surface area contributed by atoms with Gasteiger partial charge in [-0.3, -0.25) is 9.59 Å². The van der Waals surface area contributed by atoms with Gasteiger partial charge in [-0.25, -0.2) is 0 Å². The zero-order valence-corrected chi connectivity index (χ0v) is 10.9. The average molecular weight is 267 g/mol. The van der Waals surface area contributed by atoms with Gasteiger partial charge in [-0.2, -0.15) is 11.3 Å². The Labute approximate surface area is 110 Å². The lowest BCUT2D eigenvalue weighted by Crippen LogP contribution is -2.41. The first-order valence-electron chi connectivity index (χ1n) is 6.00. The zero-order chi connectivity index (χ0) is 13.0. The summed E-state index contributed by atoms with van der Waals surface area (Å²) in [4.78, 5) is 24.9. The summed E-state index contributed by atoms with van der Waals surface area (Å²) in [6.07, 6.45) is 2.00. The Morgan fingerprint density at radius 3 is 3.06 bits per heavy atom. The van der Waals surface area contributed by atoms with Gasteiger partial charge in [0.15, 0.2) is 0 Å². The van der Waals surface area contributed by atoms with Crippen LogP contribution < -0.4 is 11.1 Å². The lowest BCUT2D eigenvalue weighted by molar-refractivity contribution is -0.133. The van der Waals surface area contributed by atoms with Crippen molar-refractivity contribution in [1.82, 2.24) is 10.2 Å². The maximum atomic E-state index is 12.0. The van der Waals surface area contributed by atoms with Crippen LogP contribution in [0.5, 0.6) is 0 Å². The van der Waals surface area contributed by atoms with Crippen LogP contribution >= 0.6 is 11.3 Å². The number of hydrogen-bond donors (Lipinski definition) is 2. The fourth-order valence-corrected chi connectivity index (χ4v) is 2.93. The fourth-order valence-electron chi connectivity index (χ4n) is 2.22. The first-order valence-corrected chi connectivity index (χ1v) is 6.95. The number of nitrogens with one attached hydrogen (secondary N) is 1. The minimum absolute atomic E-state index is 0.0366. The molecular weight excluding hydrogens is 250 g/mol. The van der Waals surface area contributed by atoms with Crippen molar-refractivity contribution in [3.8, 4) is 0 Å². The first-order chi connectivity index (χ1) is 8.72. The molecule has 3 N–H and O–H groups in total. The van der Waals surface area contributed by atoms with Crippen LogP contribution in [0.15, 0.2) is 16.8 Å². The van der Waals surface area contributed by atoms with Gasteiger partial charge < -0.3 is 16.0 Å². The van der Waals surface area contributed by atoms with Gasteiger partial charge in [-0.15, -0.1) is 0 Å². The lowest BCUT2D eigenvalue weighted by atomic mass is 10.1. The van der Waals surface area contributed by atoms with Crippen LogP contribution in [-0.2, 0) is 9.59 Å². The SMILES string of the molecule is NCC(=O)NCC(=O)N1CCCC1c1ccsc1. The van der Waals surface area contributed by atoms with Crippen molar-refractivity contribution in [1.29, 1.82) is 0 Å². The number of nitrogens with two attached hydrogens (primary N) is 1. The van der Waals surface area contributed by atoms with Gasteiger partial charge >= 0.3 is 0 Å². The number of thiophene rings is 1. The van der Waals surface area contributed by atoms with E-state index in [1.807, 2.05) is 10.3 Å². The molecule has 0 aliphatic carbocycles. The van der Waals surface area contributed by atoms with E-state index in [1.54, 1.807) is 11.3 Å². The highest BCUT2D eigenvalue weighted by Gasteiger charge is 2.29. The number of likely N-dealkylation sites (tertiary alicyclic amines) is 1. The predicted molar refractivity (Wildman–Crippen MR) is 70.1 cm³/mol. The van der Waals surface area contributed by atoms with Crippen LogP contribution in [0.25, 0.3) is 0 Å². The van der Waals surface area contributed by atoms with E-state index in [9.17, 15) is 9.59 Å². The van der Waals surface area contributed by atoms with Gasteiger partial charge in [0.25, 0.3) is 0 Å². The van der Waals surface area contributed by atoms with Crippen LogP contribution in [0.1, 0.15) is 24.4 Å². The third-order valence-electron chi connectivity index (χ3n) is 3.12. The van der Waals surface area contributed by atoms with Crippen molar-refractivity contribution >= 4 is 23.2 Å². The van der Waals surface area contributed by atoms with E-state index < -0.39 is 0 Å². The molecule has 0 radical (unpaired) electrons. The molecule has 1 aliphatic heterocycles. The van der Waals surface area contributed by atoms with Crippen molar-refractivity contribution in [3.63, 3.8) is 0 Å². The summed E-state index contributed by atoms with van der Waals surface area (Å²) in [5.41, 5.74) is 6.37. The summed E-state index contributed by atoms with van der Waals surface area (Å²) in [6, 6.07) is 2.22. The van der Waals surface area contributed by atoms with E-state index in [1.165, 1.54) is 5.56 Å². The Hall–Kier alpha value is -1.40. The van der Waals surface area contributed by atoms with Crippen molar-refractivity contribution in [2.24, 2.45) is 5.73 Å². The molecule has 1 aliphatic rings. The summed E-state index contributed by atoms with van der Waals surface area (Å²) < 4.78 is 0. The molecule has 1 atom stereocenters. The van der Waals surface area contributed by atoms with Gasteiger partial charge in [0, 0.05) is 6.54 Å². The molecular formula is C12H17N3O2S. The molecule has 0 bridgehead atoms. The summed E-state index contributed by atoms with van der Waals surface area (Å²) in [5, 5.41) is 6.62. The Morgan fingerprint density at radius 2 is 2.39 bits per heavy atom. The largest absolute Gasteiger partial charge is 0.346 e. The second-order valence-corrected chi connectivity index (χ2v) is 5.06. The minimum atomic E-state index is -0.297. The van der Waals surface area contributed by atoms with Crippen LogP contribution in [-0.4, -0.2) is 36.3 Å². The third-order valence-corrected chi connectivity index (χ3v) is 3.82. The number of amides is 2. The zero-order valence-electron chi connectivity index (χ0n) is 10.1. The highest BCUT2D eigenvalue weighted by Crippen LogP contribution is 2.32. The Balaban J connectivity index is 1.95. The molecule has 1 fully saturated rings. The van der Waals surface area contributed by atoms with Crippen molar-refractivity contribution in [3.05, 3.63) is 22.4 Å². The topological polar surface area (TPSA) is 75.4 Å². The summed E-state index contributed by atoms with van der Waals surface area (Å²) in [7, 11) is 0. The van der Waals surface area contributed by atoms with E-state index in [4.69, 9.17) is 5.73 Å². The molecule has 0 saturated carbocycles. The summed E-state index contributed by atoms with van der Waals surface area (Å²) >= 11 is 1.64. The quantitative estimate of drug-likeness (QED) is 0.833. The highest BCUT2D eigenvalue weighted by molar-refractivity contribution is 7.07. The van der Waals surface area contributed by atoms with Gasteiger partial charge in [0.05, 0.1) is 19.1 Å². The Bertz CT molecular complexity index is 419. The third kappa shape index (κ3) is 2.88. The molecule has 2 heterocycles. The summed E-state index contributed by atoms with van der Waals surface area (Å²) in [5.74, 6) is -0.333.